The number of carbonyl (C=O) groups excluding carboxylic acids is 2. The Morgan fingerprint density at radius 3 is 2.91 bits per heavy atom. The first-order valence-corrected chi connectivity index (χ1v) is 7.81. The first kappa shape index (κ1) is 17.2. The van der Waals surface area contributed by atoms with Gasteiger partial charge in [0.2, 0.25) is 5.91 Å². The van der Waals surface area contributed by atoms with Crippen molar-refractivity contribution < 1.29 is 18.4 Å². The lowest BCUT2D eigenvalue weighted by Gasteiger charge is -2.21. The van der Waals surface area contributed by atoms with Crippen LogP contribution in [0.2, 0.25) is 0 Å². The zero-order chi connectivity index (χ0) is 16.8. The van der Waals surface area contributed by atoms with Crippen LogP contribution in [0.15, 0.2) is 18.2 Å². The van der Waals surface area contributed by atoms with E-state index in [0.29, 0.717) is 19.4 Å². The molecule has 0 spiro atoms. The summed E-state index contributed by atoms with van der Waals surface area (Å²) in [4.78, 5) is 23.9. The van der Waals surface area contributed by atoms with E-state index in [4.69, 9.17) is 0 Å². The molecule has 1 heterocycles. The minimum absolute atomic E-state index is 0.0907. The number of carbonyl (C=O) groups is 2. The molecule has 3 amide bonds. The largest absolute Gasteiger partial charge is 0.354 e. The molecular weight excluding hydrogens is 304 g/mol. The van der Waals surface area contributed by atoms with E-state index < -0.39 is 29.7 Å². The van der Waals surface area contributed by atoms with Crippen LogP contribution >= 0.6 is 0 Å². The molecule has 126 valence electrons. The molecule has 1 saturated heterocycles. The fourth-order valence-electron chi connectivity index (χ4n) is 2.62. The second kappa shape index (κ2) is 7.89. The third-order valence-corrected chi connectivity index (χ3v) is 3.89. The third-order valence-electron chi connectivity index (χ3n) is 3.89. The van der Waals surface area contributed by atoms with Crippen molar-refractivity contribution in [2.24, 2.45) is 0 Å². The van der Waals surface area contributed by atoms with E-state index in [1.54, 1.807) is 6.92 Å². The maximum absolute atomic E-state index is 13.8. The van der Waals surface area contributed by atoms with Gasteiger partial charge in [-0.25, -0.2) is 13.6 Å². The molecule has 2 atom stereocenters. The fraction of sp³-hybridized carbons (Fsp3) is 0.500. The van der Waals surface area contributed by atoms with E-state index in [9.17, 15) is 18.4 Å². The molecule has 23 heavy (non-hydrogen) atoms. The van der Waals surface area contributed by atoms with Crippen molar-refractivity contribution in [3.8, 4) is 0 Å². The Kier molecular flexibility index (Phi) is 5.90. The van der Waals surface area contributed by atoms with Crippen molar-refractivity contribution in [2.45, 2.75) is 44.7 Å². The monoisotopic (exact) mass is 325 g/mol. The highest BCUT2D eigenvalue weighted by atomic mass is 19.1. The molecule has 1 aliphatic rings. The highest BCUT2D eigenvalue weighted by molar-refractivity contribution is 5.87. The molecule has 0 saturated carbocycles. The molecule has 1 aromatic rings. The topological polar surface area (TPSA) is 70.2 Å². The second-order valence-corrected chi connectivity index (χ2v) is 5.58. The Labute approximate surface area is 133 Å². The molecule has 5 nitrogen and oxygen atoms in total. The van der Waals surface area contributed by atoms with E-state index in [0.717, 1.165) is 31.0 Å². The average Bonchev–Trinajstić information content (AvgIpc) is 2.72. The van der Waals surface area contributed by atoms with E-state index in [1.165, 1.54) is 0 Å². The van der Waals surface area contributed by atoms with Crippen molar-refractivity contribution in [3.63, 3.8) is 0 Å². The van der Waals surface area contributed by atoms with Gasteiger partial charge in [0.15, 0.2) is 0 Å². The van der Waals surface area contributed by atoms with Crippen LogP contribution in [0.3, 0.4) is 0 Å². The van der Waals surface area contributed by atoms with Crippen LogP contribution in [-0.2, 0) is 4.79 Å². The van der Waals surface area contributed by atoms with Gasteiger partial charge >= 0.3 is 6.03 Å². The predicted octanol–water partition coefficient (Wildman–Crippen LogP) is 2.38. The minimum atomic E-state index is -0.667. The Balaban J connectivity index is 2.02. The molecule has 2 rings (SSSR count). The Morgan fingerprint density at radius 2 is 2.17 bits per heavy atom. The van der Waals surface area contributed by atoms with E-state index in [1.807, 2.05) is 0 Å². The zero-order valence-electron chi connectivity index (χ0n) is 13.0. The predicted molar refractivity (Wildman–Crippen MR) is 81.7 cm³/mol. The van der Waals surface area contributed by atoms with Gasteiger partial charge in [-0.3, -0.25) is 4.79 Å². The summed E-state index contributed by atoms with van der Waals surface area (Å²) in [5.74, 6) is -1.36. The molecule has 0 unspecified atom stereocenters. The zero-order valence-corrected chi connectivity index (χ0v) is 13.0. The molecule has 0 bridgehead atoms. The van der Waals surface area contributed by atoms with Crippen molar-refractivity contribution >= 4 is 11.9 Å². The van der Waals surface area contributed by atoms with Crippen molar-refractivity contribution in [1.82, 2.24) is 16.0 Å². The Bertz CT molecular complexity index is 580. The number of nitrogens with one attached hydrogen (secondary N) is 3. The maximum Gasteiger partial charge on any atom is 0.315 e. The lowest BCUT2D eigenvalue weighted by molar-refractivity contribution is -0.122. The van der Waals surface area contributed by atoms with Crippen molar-refractivity contribution in [2.75, 3.05) is 6.54 Å². The van der Waals surface area contributed by atoms with Crippen LogP contribution in [0.25, 0.3) is 0 Å². The first-order valence-electron chi connectivity index (χ1n) is 7.81. The van der Waals surface area contributed by atoms with E-state index in [-0.39, 0.29) is 11.5 Å². The Morgan fingerprint density at radius 1 is 1.39 bits per heavy atom. The van der Waals surface area contributed by atoms with Crippen LogP contribution in [0, 0.1) is 11.6 Å². The summed E-state index contributed by atoms with van der Waals surface area (Å²) >= 11 is 0. The van der Waals surface area contributed by atoms with Crippen molar-refractivity contribution in [1.29, 1.82) is 0 Å². The van der Waals surface area contributed by atoms with Gasteiger partial charge in [-0.2, -0.15) is 0 Å². The van der Waals surface area contributed by atoms with Gasteiger partial charge in [-0.1, -0.05) is 6.92 Å². The SMILES string of the molecule is CC[C@@H](NC(=O)N[C@H]1CCCCNC1=O)c1cc(F)ccc1F. The number of amides is 3. The second-order valence-electron chi connectivity index (χ2n) is 5.58. The molecule has 3 N–H and O–H groups in total. The summed E-state index contributed by atoms with van der Waals surface area (Å²) in [5, 5.41) is 7.93. The summed E-state index contributed by atoms with van der Waals surface area (Å²) in [6.07, 6.45) is 2.66. The summed E-state index contributed by atoms with van der Waals surface area (Å²) in [5.41, 5.74) is 0.0907. The number of benzene rings is 1. The first-order chi connectivity index (χ1) is 11.0. The normalized spacial score (nSPS) is 19.4. The van der Waals surface area contributed by atoms with Gasteiger partial charge in [-0.15, -0.1) is 0 Å². The summed E-state index contributed by atoms with van der Waals surface area (Å²) in [6.45, 7) is 2.36. The van der Waals surface area contributed by atoms with E-state index >= 15 is 0 Å². The number of halogens is 2. The molecule has 1 aliphatic heterocycles. The van der Waals surface area contributed by atoms with Gasteiger partial charge in [0.1, 0.15) is 17.7 Å². The quantitative estimate of drug-likeness (QED) is 0.795. The Hall–Kier alpha value is -2.18. The van der Waals surface area contributed by atoms with Gasteiger partial charge in [0.05, 0.1) is 6.04 Å². The van der Waals surface area contributed by atoms with Crippen molar-refractivity contribution in [3.05, 3.63) is 35.4 Å². The highest BCUT2D eigenvalue weighted by Crippen LogP contribution is 2.21. The van der Waals surface area contributed by atoms with Crippen LogP contribution in [0.5, 0.6) is 0 Å². The summed E-state index contributed by atoms with van der Waals surface area (Å²) in [7, 11) is 0. The van der Waals surface area contributed by atoms with Gasteiger partial charge in [0.25, 0.3) is 0 Å². The summed E-state index contributed by atoms with van der Waals surface area (Å²) < 4.78 is 27.1. The van der Waals surface area contributed by atoms with Gasteiger partial charge in [-0.05, 0) is 43.9 Å². The van der Waals surface area contributed by atoms with Crippen LogP contribution in [0.4, 0.5) is 13.6 Å². The molecule has 7 heteroatoms. The average molecular weight is 325 g/mol. The van der Waals surface area contributed by atoms with E-state index in [2.05, 4.69) is 16.0 Å². The van der Waals surface area contributed by atoms with Gasteiger partial charge in [0, 0.05) is 12.1 Å². The molecule has 1 aromatic carbocycles. The summed E-state index contributed by atoms with van der Waals surface area (Å²) in [6, 6.07) is 1.30. The number of rotatable bonds is 4. The third kappa shape index (κ3) is 4.64. The lowest BCUT2D eigenvalue weighted by Crippen LogP contribution is -2.49. The lowest BCUT2D eigenvalue weighted by atomic mass is 10.0. The van der Waals surface area contributed by atoms with Crippen LogP contribution < -0.4 is 16.0 Å². The number of hydrogen-bond acceptors (Lipinski definition) is 2. The molecule has 0 radical (unpaired) electrons. The molecule has 0 aliphatic carbocycles. The smallest absolute Gasteiger partial charge is 0.315 e. The maximum atomic E-state index is 13.8. The molecule has 1 fully saturated rings. The van der Waals surface area contributed by atoms with Gasteiger partial charge < -0.3 is 16.0 Å². The molecule has 0 aromatic heterocycles. The van der Waals surface area contributed by atoms with Crippen LogP contribution in [0.1, 0.15) is 44.2 Å². The minimum Gasteiger partial charge on any atom is -0.354 e. The highest BCUT2D eigenvalue weighted by Gasteiger charge is 2.24. The van der Waals surface area contributed by atoms with Crippen LogP contribution in [-0.4, -0.2) is 24.5 Å². The standard InChI is InChI=1S/C16H21F2N3O2/c1-2-13(11-9-10(17)6-7-12(11)18)20-16(23)21-14-5-3-4-8-19-15(14)22/h6-7,9,13-14H,2-5,8H2,1H3,(H,19,22)(H2,20,21,23)/t13-,14+/m1/s1. The molecular formula is C16H21F2N3O2. The number of hydrogen-bond donors (Lipinski definition) is 3. The number of urea groups is 1. The fourth-order valence-corrected chi connectivity index (χ4v) is 2.62.